The van der Waals surface area contributed by atoms with Gasteiger partial charge in [-0.15, -0.1) is 11.3 Å². The highest BCUT2D eigenvalue weighted by Crippen LogP contribution is 2.35. The van der Waals surface area contributed by atoms with Gasteiger partial charge in [-0.1, -0.05) is 13.0 Å². The number of hydrogen-bond donors (Lipinski definition) is 1. The van der Waals surface area contributed by atoms with Gasteiger partial charge in [-0.05, 0) is 31.0 Å². The third-order valence-corrected chi connectivity index (χ3v) is 4.61. The average Bonchev–Trinajstić information content (AvgIpc) is 2.87. The number of nitriles is 1. The maximum atomic E-state index is 12.6. The summed E-state index contributed by atoms with van der Waals surface area (Å²) in [6.07, 6.45) is 0.754. The number of hydrogen-bond acceptors (Lipinski definition) is 5. The van der Waals surface area contributed by atoms with Gasteiger partial charge in [0.2, 0.25) is 0 Å². The second-order valence-electron chi connectivity index (χ2n) is 4.80. The minimum absolute atomic E-state index is 0.332. The van der Waals surface area contributed by atoms with Gasteiger partial charge in [0.25, 0.3) is 5.91 Å². The molecule has 0 unspecified atom stereocenters. The Morgan fingerprint density at radius 2 is 2.09 bits per heavy atom. The molecule has 0 fully saturated rings. The van der Waals surface area contributed by atoms with Crippen molar-refractivity contribution in [1.82, 2.24) is 0 Å². The zero-order valence-electron chi connectivity index (χ0n) is 13.5. The molecule has 23 heavy (non-hydrogen) atoms. The minimum Gasteiger partial charge on any atom is -0.493 e. The minimum atomic E-state index is -0.332. The summed E-state index contributed by atoms with van der Waals surface area (Å²) in [6.45, 7) is 3.94. The van der Waals surface area contributed by atoms with E-state index in [0.717, 1.165) is 16.9 Å². The van der Waals surface area contributed by atoms with Crippen LogP contribution in [0.1, 0.15) is 33.3 Å². The first kappa shape index (κ1) is 16.8. The molecule has 1 N–H and O–H groups in total. The number of benzene rings is 1. The van der Waals surface area contributed by atoms with Crippen LogP contribution in [0.4, 0.5) is 5.00 Å². The third kappa shape index (κ3) is 3.15. The Morgan fingerprint density at radius 3 is 2.65 bits per heavy atom. The summed E-state index contributed by atoms with van der Waals surface area (Å²) in [4.78, 5) is 13.6. The van der Waals surface area contributed by atoms with Gasteiger partial charge in [0.1, 0.15) is 11.1 Å². The molecule has 1 aromatic carbocycles. The molecule has 1 amide bonds. The number of aryl methyl sites for hydroxylation is 1. The van der Waals surface area contributed by atoms with Gasteiger partial charge in [0.05, 0.1) is 25.3 Å². The number of ether oxygens (including phenoxy) is 2. The van der Waals surface area contributed by atoms with Crippen LogP contribution >= 0.6 is 11.3 Å². The summed E-state index contributed by atoms with van der Waals surface area (Å²) in [5, 5.41) is 12.8. The van der Waals surface area contributed by atoms with Gasteiger partial charge in [0.15, 0.2) is 11.5 Å². The zero-order valence-corrected chi connectivity index (χ0v) is 14.3. The standard InChI is InChI=1S/C17H18N2O3S/c1-5-11-10(2)23-17(13(11)9-18)19-16(20)12-7-6-8-14(21-3)15(12)22-4/h6-8H,5H2,1-4H3,(H,19,20). The molecule has 0 aliphatic carbocycles. The fourth-order valence-electron chi connectivity index (χ4n) is 2.45. The average molecular weight is 330 g/mol. The van der Waals surface area contributed by atoms with E-state index in [2.05, 4.69) is 11.4 Å². The second-order valence-corrected chi connectivity index (χ2v) is 6.03. The van der Waals surface area contributed by atoms with E-state index in [0.29, 0.717) is 27.6 Å². The number of nitrogens with zero attached hydrogens (tertiary/aromatic N) is 1. The van der Waals surface area contributed by atoms with Crippen molar-refractivity contribution in [2.45, 2.75) is 20.3 Å². The molecule has 0 bridgehead atoms. The molecule has 2 aromatic rings. The molecule has 0 radical (unpaired) electrons. The van der Waals surface area contributed by atoms with E-state index in [-0.39, 0.29) is 5.91 Å². The highest BCUT2D eigenvalue weighted by molar-refractivity contribution is 7.16. The maximum Gasteiger partial charge on any atom is 0.260 e. The van der Waals surface area contributed by atoms with Crippen molar-refractivity contribution in [3.63, 3.8) is 0 Å². The van der Waals surface area contributed by atoms with E-state index >= 15 is 0 Å². The predicted octanol–water partition coefficient (Wildman–Crippen LogP) is 3.76. The molecule has 6 heteroatoms. The van der Waals surface area contributed by atoms with Crippen molar-refractivity contribution in [3.8, 4) is 17.6 Å². The van der Waals surface area contributed by atoms with Crippen LogP contribution in [0.5, 0.6) is 11.5 Å². The van der Waals surface area contributed by atoms with Gasteiger partial charge in [-0.2, -0.15) is 5.26 Å². The summed E-state index contributed by atoms with van der Waals surface area (Å²) in [5.41, 5.74) is 1.87. The Balaban J connectivity index is 2.40. The number of thiophene rings is 1. The van der Waals surface area contributed by atoms with Crippen molar-refractivity contribution in [2.24, 2.45) is 0 Å². The van der Waals surface area contributed by atoms with Crippen molar-refractivity contribution < 1.29 is 14.3 Å². The van der Waals surface area contributed by atoms with Crippen LogP contribution < -0.4 is 14.8 Å². The first-order valence-corrected chi connectivity index (χ1v) is 7.93. The van der Waals surface area contributed by atoms with Crippen molar-refractivity contribution >= 4 is 22.2 Å². The number of para-hydroxylation sites is 1. The lowest BCUT2D eigenvalue weighted by atomic mass is 10.1. The summed E-state index contributed by atoms with van der Waals surface area (Å²) in [7, 11) is 3.00. The Kier molecular flexibility index (Phi) is 5.24. The number of anilines is 1. The zero-order chi connectivity index (χ0) is 17.0. The molecule has 0 atom stereocenters. The molecular weight excluding hydrogens is 312 g/mol. The smallest absolute Gasteiger partial charge is 0.260 e. The number of nitrogens with one attached hydrogen (secondary N) is 1. The topological polar surface area (TPSA) is 71.3 Å². The summed E-state index contributed by atoms with van der Waals surface area (Å²) in [6, 6.07) is 7.28. The quantitative estimate of drug-likeness (QED) is 0.906. The van der Waals surface area contributed by atoms with Crippen molar-refractivity contribution in [2.75, 3.05) is 19.5 Å². The predicted molar refractivity (Wildman–Crippen MR) is 90.6 cm³/mol. The van der Waals surface area contributed by atoms with E-state index in [9.17, 15) is 10.1 Å². The molecule has 0 aliphatic heterocycles. The van der Waals surface area contributed by atoms with Crippen LogP contribution in [-0.2, 0) is 6.42 Å². The van der Waals surface area contributed by atoms with Crippen molar-refractivity contribution in [3.05, 3.63) is 39.8 Å². The Labute approximate surface area is 139 Å². The van der Waals surface area contributed by atoms with Crippen LogP contribution in [0.2, 0.25) is 0 Å². The van der Waals surface area contributed by atoms with Gasteiger partial charge < -0.3 is 14.8 Å². The number of methoxy groups -OCH3 is 2. The van der Waals surface area contributed by atoms with Gasteiger partial charge in [-0.25, -0.2) is 0 Å². The van der Waals surface area contributed by atoms with Gasteiger partial charge in [-0.3, -0.25) is 4.79 Å². The largest absolute Gasteiger partial charge is 0.493 e. The van der Waals surface area contributed by atoms with Crippen LogP contribution in [0.25, 0.3) is 0 Å². The molecule has 0 saturated carbocycles. The van der Waals surface area contributed by atoms with Crippen molar-refractivity contribution in [1.29, 1.82) is 5.26 Å². The molecule has 0 saturated heterocycles. The number of amides is 1. The van der Waals surface area contributed by atoms with E-state index in [1.807, 2.05) is 13.8 Å². The molecule has 0 aliphatic rings. The third-order valence-electron chi connectivity index (χ3n) is 3.55. The fraction of sp³-hybridized carbons (Fsp3) is 0.294. The Bertz CT molecular complexity index is 775. The molecule has 5 nitrogen and oxygen atoms in total. The van der Waals surface area contributed by atoms with E-state index in [1.165, 1.54) is 25.6 Å². The van der Waals surface area contributed by atoms with E-state index < -0.39 is 0 Å². The normalized spacial score (nSPS) is 10.0. The Morgan fingerprint density at radius 1 is 1.35 bits per heavy atom. The molecule has 1 heterocycles. The first-order valence-electron chi connectivity index (χ1n) is 7.12. The lowest BCUT2D eigenvalue weighted by Crippen LogP contribution is -2.13. The van der Waals surface area contributed by atoms with Gasteiger partial charge in [0, 0.05) is 4.88 Å². The Hall–Kier alpha value is -2.52. The second kappa shape index (κ2) is 7.16. The van der Waals surface area contributed by atoms with Crippen LogP contribution in [0.3, 0.4) is 0 Å². The van der Waals surface area contributed by atoms with E-state index in [4.69, 9.17) is 9.47 Å². The molecular formula is C17H18N2O3S. The van der Waals surface area contributed by atoms with Crippen LogP contribution in [0, 0.1) is 18.3 Å². The maximum absolute atomic E-state index is 12.6. The highest BCUT2D eigenvalue weighted by Gasteiger charge is 2.20. The molecule has 120 valence electrons. The monoisotopic (exact) mass is 330 g/mol. The molecule has 2 rings (SSSR count). The number of rotatable bonds is 5. The number of carbonyl (C=O) groups is 1. The van der Waals surface area contributed by atoms with Gasteiger partial charge >= 0.3 is 0 Å². The van der Waals surface area contributed by atoms with E-state index in [1.54, 1.807) is 18.2 Å². The lowest BCUT2D eigenvalue weighted by molar-refractivity contribution is 0.102. The number of carbonyl (C=O) groups excluding carboxylic acids is 1. The lowest BCUT2D eigenvalue weighted by Gasteiger charge is -2.12. The summed E-state index contributed by atoms with van der Waals surface area (Å²) >= 11 is 1.41. The fourth-order valence-corrected chi connectivity index (χ4v) is 3.54. The molecule has 1 aromatic heterocycles. The van der Waals surface area contributed by atoms with Crippen LogP contribution in [-0.4, -0.2) is 20.1 Å². The SMILES string of the molecule is CCc1c(C)sc(NC(=O)c2cccc(OC)c2OC)c1C#N. The first-order chi connectivity index (χ1) is 11.1. The van der Waals surface area contributed by atoms with Crippen LogP contribution in [0.15, 0.2) is 18.2 Å². The summed E-state index contributed by atoms with van der Waals surface area (Å²) < 4.78 is 10.5. The summed E-state index contributed by atoms with van der Waals surface area (Å²) in [5.74, 6) is 0.522. The highest BCUT2D eigenvalue weighted by atomic mass is 32.1. The molecule has 0 spiro atoms.